The van der Waals surface area contributed by atoms with Crippen molar-refractivity contribution < 1.29 is 14.1 Å². The highest BCUT2D eigenvalue weighted by Gasteiger charge is 2.49. The average Bonchev–Trinajstić information content (AvgIpc) is 3.44. The first-order valence-electron chi connectivity index (χ1n) is 10.6. The minimum atomic E-state index is -0.156. The second kappa shape index (κ2) is 7.54. The van der Waals surface area contributed by atoms with Crippen LogP contribution in [0, 0.1) is 5.92 Å². The lowest BCUT2D eigenvalue weighted by Crippen LogP contribution is -2.66. The summed E-state index contributed by atoms with van der Waals surface area (Å²) in [5.41, 5.74) is 1.51. The first kappa shape index (κ1) is 18.8. The van der Waals surface area contributed by atoms with E-state index in [0.717, 1.165) is 51.1 Å². The number of aromatic nitrogens is 2. The van der Waals surface area contributed by atoms with Crippen molar-refractivity contribution in [3.05, 3.63) is 47.6 Å². The smallest absolute Gasteiger partial charge is 0.276 e. The van der Waals surface area contributed by atoms with Crippen LogP contribution >= 0.6 is 0 Å². The fourth-order valence-electron chi connectivity index (χ4n) is 4.52. The molecule has 2 aromatic rings. The highest BCUT2D eigenvalue weighted by atomic mass is 16.5. The number of amides is 1. The maximum absolute atomic E-state index is 12.6. The lowest BCUT2D eigenvalue weighted by atomic mass is 9.82. The molecule has 1 aliphatic carbocycles. The maximum Gasteiger partial charge on any atom is 0.276 e. The van der Waals surface area contributed by atoms with Crippen LogP contribution in [0.25, 0.3) is 0 Å². The number of nitrogens with zero attached hydrogens (tertiary/aromatic N) is 4. The molecular weight excluding hydrogens is 368 g/mol. The van der Waals surface area contributed by atoms with E-state index in [1.807, 2.05) is 23.2 Å². The van der Waals surface area contributed by atoms with Crippen LogP contribution in [0.15, 0.2) is 35.1 Å². The van der Waals surface area contributed by atoms with Crippen molar-refractivity contribution in [2.75, 3.05) is 33.3 Å². The molecule has 2 aromatic heterocycles. The Labute approximate surface area is 171 Å². The zero-order valence-corrected chi connectivity index (χ0v) is 16.9. The van der Waals surface area contributed by atoms with Crippen LogP contribution in [0.5, 0.6) is 0 Å². The number of hydrogen-bond acceptors (Lipinski definition) is 6. The van der Waals surface area contributed by atoms with Gasteiger partial charge in [-0.2, -0.15) is 0 Å². The van der Waals surface area contributed by atoms with Gasteiger partial charge in [0, 0.05) is 37.5 Å². The number of carbonyl (C=O) groups is 1. The summed E-state index contributed by atoms with van der Waals surface area (Å²) in [4.78, 5) is 21.0. The van der Waals surface area contributed by atoms with Gasteiger partial charge in [0.15, 0.2) is 5.69 Å². The van der Waals surface area contributed by atoms with E-state index in [2.05, 4.69) is 28.2 Å². The molecule has 5 rings (SSSR count). The van der Waals surface area contributed by atoms with Gasteiger partial charge < -0.3 is 19.1 Å². The fraction of sp³-hybridized carbons (Fsp3) is 0.591. The quantitative estimate of drug-likeness (QED) is 0.748. The highest BCUT2D eigenvalue weighted by molar-refractivity contribution is 5.93. The molecule has 3 fully saturated rings. The molecule has 1 spiro atoms. The Morgan fingerprint density at radius 3 is 2.90 bits per heavy atom. The molecule has 4 heterocycles. The number of carbonyl (C=O) groups excluding carboxylic acids is 1. The topological polar surface area (TPSA) is 71.7 Å². The van der Waals surface area contributed by atoms with Gasteiger partial charge in [-0.15, -0.1) is 0 Å². The summed E-state index contributed by atoms with van der Waals surface area (Å²) in [6.45, 7) is 4.00. The van der Waals surface area contributed by atoms with Crippen LogP contribution in [0.2, 0.25) is 0 Å². The molecule has 0 aromatic carbocycles. The molecule has 2 saturated heterocycles. The van der Waals surface area contributed by atoms with Crippen LogP contribution in [0.3, 0.4) is 0 Å². The standard InChI is InChI=1S/C22H28N4O3/c1-25(11-16-3-2-8-23-10-16)12-17-6-7-22(28-13-17)14-26(15-22)21(27)19-9-20(29-24-19)18-4-5-18/h2-3,8-10,17-18H,4-7,11-15H2,1H3. The lowest BCUT2D eigenvalue weighted by molar-refractivity contribution is -0.168. The number of pyridine rings is 1. The van der Waals surface area contributed by atoms with E-state index in [-0.39, 0.29) is 11.5 Å². The van der Waals surface area contributed by atoms with Crippen molar-refractivity contribution in [3.8, 4) is 0 Å². The summed E-state index contributed by atoms with van der Waals surface area (Å²) in [7, 11) is 2.15. The van der Waals surface area contributed by atoms with E-state index in [9.17, 15) is 4.79 Å². The van der Waals surface area contributed by atoms with Gasteiger partial charge in [-0.05, 0) is 50.3 Å². The molecule has 3 aliphatic rings. The van der Waals surface area contributed by atoms with Gasteiger partial charge in [-0.25, -0.2) is 0 Å². The third kappa shape index (κ3) is 4.07. The molecule has 0 N–H and O–H groups in total. The molecule has 1 saturated carbocycles. The minimum absolute atomic E-state index is 0.0341. The summed E-state index contributed by atoms with van der Waals surface area (Å²) in [5.74, 6) is 1.83. The lowest BCUT2D eigenvalue weighted by Gasteiger charge is -2.52. The second-order valence-corrected chi connectivity index (χ2v) is 9.01. The van der Waals surface area contributed by atoms with Crippen LogP contribution in [0.1, 0.15) is 53.4 Å². The Morgan fingerprint density at radius 1 is 1.34 bits per heavy atom. The van der Waals surface area contributed by atoms with Crippen molar-refractivity contribution in [2.45, 2.75) is 43.7 Å². The molecule has 1 amide bonds. The van der Waals surface area contributed by atoms with Gasteiger partial charge in [-0.3, -0.25) is 9.78 Å². The van der Waals surface area contributed by atoms with Gasteiger partial charge in [-0.1, -0.05) is 11.2 Å². The molecule has 1 unspecified atom stereocenters. The molecule has 0 radical (unpaired) electrons. The number of ether oxygens (including phenoxy) is 1. The van der Waals surface area contributed by atoms with Crippen LogP contribution in [0.4, 0.5) is 0 Å². The molecular formula is C22H28N4O3. The third-order valence-electron chi connectivity index (χ3n) is 6.35. The van der Waals surface area contributed by atoms with Crippen LogP contribution < -0.4 is 0 Å². The van der Waals surface area contributed by atoms with Crippen molar-refractivity contribution in [1.82, 2.24) is 19.9 Å². The maximum atomic E-state index is 12.6. The van der Waals surface area contributed by atoms with Crippen molar-refractivity contribution in [2.24, 2.45) is 5.92 Å². The van der Waals surface area contributed by atoms with Gasteiger partial charge in [0.25, 0.3) is 5.91 Å². The Kier molecular flexibility index (Phi) is 4.87. The van der Waals surface area contributed by atoms with E-state index in [1.54, 1.807) is 6.20 Å². The number of hydrogen-bond donors (Lipinski definition) is 0. The number of likely N-dealkylation sites (tertiary alicyclic amines) is 1. The molecule has 0 bridgehead atoms. The van der Waals surface area contributed by atoms with E-state index in [1.165, 1.54) is 5.56 Å². The molecule has 7 nitrogen and oxygen atoms in total. The largest absolute Gasteiger partial charge is 0.371 e. The van der Waals surface area contributed by atoms with E-state index >= 15 is 0 Å². The molecule has 2 aliphatic heterocycles. The molecule has 1 atom stereocenters. The first-order valence-corrected chi connectivity index (χ1v) is 10.6. The summed E-state index contributed by atoms with van der Waals surface area (Å²) in [5, 5.41) is 3.98. The Hall–Kier alpha value is -2.25. The predicted molar refractivity (Wildman–Crippen MR) is 106 cm³/mol. The Bertz CT molecular complexity index is 848. The van der Waals surface area contributed by atoms with Gasteiger partial charge >= 0.3 is 0 Å². The fourth-order valence-corrected chi connectivity index (χ4v) is 4.52. The minimum Gasteiger partial charge on any atom is -0.371 e. The average molecular weight is 396 g/mol. The van der Waals surface area contributed by atoms with Crippen molar-refractivity contribution in [3.63, 3.8) is 0 Å². The van der Waals surface area contributed by atoms with E-state index in [4.69, 9.17) is 9.26 Å². The highest BCUT2D eigenvalue weighted by Crippen LogP contribution is 2.41. The number of rotatable bonds is 6. The zero-order chi connectivity index (χ0) is 19.8. The zero-order valence-electron chi connectivity index (χ0n) is 16.9. The summed E-state index contributed by atoms with van der Waals surface area (Å²) in [6, 6.07) is 5.91. The summed E-state index contributed by atoms with van der Waals surface area (Å²) in [6.07, 6.45) is 8.15. The van der Waals surface area contributed by atoms with Crippen LogP contribution in [-0.2, 0) is 11.3 Å². The molecule has 7 heteroatoms. The SMILES string of the molecule is CN(Cc1cccnc1)CC1CCC2(CN(C(=O)c3cc(C4CC4)on3)C2)OC1. The van der Waals surface area contributed by atoms with Crippen molar-refractivity contribution >= 4 is 5.91 Å². The normalized spacial score (nSPS) is 23.4. The first-order chi connectivity index (χ1) is 14.1. The monoisotopic (exact) mass is 396 g/mol. The Morgan fingerprint density at radius 2 is 2.21 bits per heavy atom. The summed E-state index contributed by atoms with van der Waals surface area (Å²) < 4.78 is 11.6. The molecule has 29 heavy (non-hydrogen) atoms. The second-order valence-electron chi connectivity index (χ2n) is 9.01. The van der Waals surface area contributed by atoms with Gasteiger partial charge in [0.1, 0.15) is 11.4 Å². The predicted octanol–water partition coefficient (Wildman–Crippen LogP) is 2.70. The van der Waals surface area contributed by atoms with E-state index < -0.39 is 0 Å². The Balaban J connectivity index is 1.07. The summed E-state index contributed by atoms with van der Waals surface area (Å²) >= 11 is 0. The van der Waals surface area contributed by atoms with Crippen LogP contribution in [-0.4, -0.2) is 64.7 Å². The van der Waals surface area contributed by atoms with Gasteiger partial charge in [0.05, 0.1) is 19.7 Å². The van der Waals surface area contributed by atoms with Gasteiger partial charge in [0.2, 0.25) is 0 Å². The molecule has 154 valence electrons. The third-order valence-corrected chi connectivity index (χ3v) is 6.35. The van der Waals surface area contributed by atoms with E-state index in [0.29, 0.717) is 30.6 Å². The van der Waals surface area contributed by atoms with Crippen molar-refractivity contribution in [1.29, 1.82) is 0 Å².